The summed E-state index contributed by atoms with van der Waals surface area (Å²) in [6.07, 6.45) is 3.90. The van der Waals surface area contributed by atoms with Crippen molar-refractivity contribution in [2.24, 2.45) is 0 Å². The molecule has 0 aliphatic carbocycles. The molecule has 1 aliphatic rings. The summed E-state index contributed by atoms with van der Waals surface area (Å²) >= 11 is 1.65. The van der Waals surface area contributed by atoms with Crippen LogP contribution < -0.4 is 5.32 Å². The van der Waals surface area contributed by atoms with Gasteiger partial charge in [0.15, 0.2) is 0 Å². The lowest BCUT2D eigenvalue weighted by atomic mass is 10.1. The number of anilines is 1. The van der Waals surface area contributed by atoms with Gasteiger partial charge in [-0.1, -0.05) is 18.3 Å². The van der Waals surface area contributed by atoms with E-state index in [1.807, 2.05) is 0 Å². The van der Waals surface area contributed by atoms with Crippen LogP contribution in [-0.4, -0.2) is 47.4 Å². The van der Waals surface area contributed by atoms with Gasteiger partial charge in [-0.25, -0.2) is 0 Å². The second-order valence-corrected chi connectivity index (χ2v) is 5.96. The van der Waals surface area contributed by atoms with Crippen molar-refractivity contribution in [3.05, 3.63) is 5.01 Å². The molecule has 6 heteroatoms. The van der Waals surface area contributed by atoms with Crippen molar-refractivity contribution in [3.8, 4) is 0 Å². The van der Waals surface area contributed by atoms with Crippen molar-refractivity contribution in [1.82, 2.24) is 15.1 Å². The molecule has 2 rings (SSSR count). The largest absolute Gasteiger partial charge is 0.377 e. The first kappa shape index (κ1) is 14.7. The van der Waals surface area contributed by atoms with E-state index in [1.54, 1.807) is 11.3 Å². The predicted molar refractivity (Wildman–Crippen MR) is 78.6 cm³/mol. The molecule has 0 aromatic carbocycles. The van der Waals surface area contributed by atoms with Crippen molar-refractivity contribution < 1.29 is 4.74 Å². The molecule has 1 atom stereocenters. The SMILES string of the molecule is CCCOC1CCCN(Cc2nnc(NCC)s2)C1. The van der Waals surface area contributed by atoms with Crippen molar-refractivity contribution in [3.63, 3.8) is 0 Å². The van der Waals surface area contributed by atoms with E-state index in [1.165, 1.54) is 12.8 Å². The summed E-state index contributed by atoms with van der Waals surface area (Å²) in [5.74, 6) is 0. The van der Waals surface area contributed by atoms with E-state index in [4.69, 9.17) is 4.74 Å². The molecule has 1 N–H and O–H groups in total. The first-order valence-corrected chi connectivity index (χ1v) is 8.03. The maximum absolute atomic E-state index is 5.86. The Hall–Kier alpha value is -0.720. The summed E-state index contributed by atoms with van der Waals surface area (Å²) in [5.41, 5.74) is 0. The summed E-state index contributed by atoms with van der Waals surface area (Å²) in [6.45, 7) is 9.06. The fourth-order valence-corrected chi connectivity index (χ4v) is 3.16. The molecule has 0 saturated carbocycles. The first-order valence-electron chi connectivity index (χ1n) is 7.22. The Morgan fingerprint density at radius 1 is 1.42 bits per heavy atom. The van der Waals surface area contributed by atoms with Crippen molar-refractivity contribution in [2.75, 3.05) is 31.6 Å². The van der Waals surface area contributed by atoms with Crippen molar-refractivity contribution >= 4 is 16.5 Å². The van der Waals surface area contributed by atoms with Gasteiger partial charge < -0.3 is 10.1 Å². The fraction of sp³-hybridized carbons (Fsp3) is 0.846. The Bertz CT molecular complexity index is 371. The Balaban J connectivity index is 1.80. The zero-order chi connectivity index (χ0) is 13.5. The van der Waals surface area contributed by atoms with Gasteiger partial charge in [0, 0.05) is 19.7 Å². The topological polar surface area (TPSA) is 50.3 Å². The maximum atomic E-state index is 5.86. The van der Waals surface area contributed by atoms with Crippen molar-refractivity contribution in [1.29, 1.82) is 0 Å². The smallest absolute Gasteiger partial charge is 0.205 e. The van der Waals surface area contributed by atoms with Gasteiger partial charge in [-0.3, -0.25) is 4.90 Å². The first-order chi connectivity index (χ1) is 9.31. The average Bonchev–Trinajstić information content (AvgIpc) is 2.85. The lowest BCUT2D eigenvalue weighted by Gasteiger charge is -2.31. The number of hydrogen-bond donors (Lipinski definition) is 1. The second kappa shape index (κ2) is 7.77. The monoisotopic (exact) mass is 284 g/mol. The van der Waals surface area contributed by atoms with E-state index in [9.17, 15) is 0 Å². The Morgan fingerprint density at radius 2 is 2.32 bits per heavy atom. The molecular formula is C13H24N4OS. The summed E-state index contributed by atoms with van der Waals surface area (Å²) in [7, 11) is 0. The Kier molecular flexibility index (Phi) is 6.00. The van der Waals surface area contributed by atoms with E-state index >= 15 is 0 Å². The molecule has 2 heterocycles. The fourth-order valence-electron chi connectivity index (χ4n) is 2.31. The zero-order valence-corrected chi connectivity index (χ0v) is 12.7. The summed E-state index contributed by atoms with van der Waals surface area (Å²) < 4.78 is 5.86. The summed E-state index contributed by atoms with van der Waals surface area (Å²) in [6, 6.07) is 0. The molecule has 1 fully saturated rings. The number of nitrogens with one attached hydrogen (secondary N) is 1. The van der Waals surface area contributed by atoms with Gasteiger partial charge in [0.2, 0.25) is 5.13 Å². The molecule has 0 spiro atoms. The van der Waals surface area contributed by atoms with Crippen LogP contribution in [0.4, 0.5) is 5.13 Å². The van der Waals surface area contributed by atoms with Crippen LogP contribution in [0.1, 0.15) is 38.1 Å². The highest BCUT2D eigenvalue weighted by atomic mass is 32.1. The van der Waals surface area contributed by atoms with Gasteiger partial charge in [-0.05, 0) is 32.7 Å². The molecule has 0 radical (unpaired) electrons. The number of rotatable bonds is 7. The molecule has 19 heavy (non-hydrogen) atoms. The van der Waals surface area contributed by atoms with Crippen molar-refractivity contribution in [2.45, 2.75) is 45.8 Å². The molecule has 108 valence electrons. The number of aromatic nitrogens is 2. The minimum absolute atomic E-state index is 0.398. The molecule has 1 aromatic heterocycles. The highest BCUT2D eigenvalue weighted by molar-refractivity contribution is 7.15. The lowest BCUT2D eigenvalue weighted by molar-refractivity contribution is -0.00228. The number of nitrogens with zero attached hydrogens (tertiary/aromatic N) is 3. The van der Waals surface area contributed by atoms with Crippen LogP contribution in [0.3, 0.4) is 0 Å². The Labute approximate surface area is 119 Å². The van der Waals surface area contributed by atoms with E-state index in [0.29, 0.717) is 6.10 Å². The summed E-state index contributed by atoms with van der Waals surface area (Å²) in [5, 5.41) is 13.6. The average molecular weight is 284 g/mol. The van der Waals surface area contributed by atoms with Crippen LogP contribution in [0.5, 0.6) is 0 Å². The molecule has 0 amide bonds. The maximum Gasteiger partial charge on any atom is 0.205 e. The van der Waals surface area contributed by atoms with Gasteiger partial charge in [0.25, 0.3) is 0 Å². The third-order valence-electron chi connectivity index (χ3n) is 3.17. The minimum Gasteiger partial charge on any atom is -0.377 e. The van der Waals surface area contributed by atoms with E-state index in [0.717, 1.165) is 49.3 Å². The van der Waals surface area contributed by atoms with Crippen LogP contribution in [0.25, 0.3) is 0 Å². The third-order valence-corrected chi connectivity index (χ3v) is 4.04. The van der Waals surface area contributed by atoms with Crippen LogP contribution in [0.2, 0.25) is 0 Å². The predicted octanol–water partition coefficient (Wildman–Crippen LogP) is 2.36. The standard InChI is InChI=1S/C13H24N4OS/c1-3-8-18-11-6-5-7-17(9-11)10-12-15-16-13(19-12)14-4-2/h11H,3-10H2,1-2H3,(H,14,16). The van der Waals surface area contributed by atoms with E-state index in [2.05, 4.69) is 34.3 Å². The number of likely N-dealkylation sites (tertiary alicyclic amines) is 1. The van der Waals surface area contributed by atoms with Gasteiger partial charge in [-0.15, -0.1) is 10.2 Å². The van der Waals surface area contributed by atoms with E-state index < -0.39 is 0 Å². The third kappa shape index (κ3) is 4.71. The van der Waals surface area contributed by atoms with Crippen LogP contribution in [-0.2, 0) is 11.3 Å². The molecule has 1 aliphatic heterocycles. The Morgan fingerprint density at radius 3 is 3.11 bits per heavy atom. The molecule has 1 saturated heterocycles. The van der Waals surface area contributed by atoms with E-state index in [-0.39, 0.29) is 0 Å². The number of hydrogen-bond acceptors (Lipinski definition) is 6. The van der Waals surface area contributed by atoms with Gasteiger partial charge in [-0.2, -0.15) is 0 Å². The van der Waals surface area contributed by atoms with Crippen LogP contribution in [0, 0.1) is 0 Å². The number of ether oxygens (including phenoxy) is 1. The van der Waals surface area contributed by atoms with Crippen LogP contribution >= 0.6 is 11.3 Å². The molecule has 0 bridgehead atoms. The van der Waals surface area contributed by atoms with Gasteiger partial charge >= 0.3 is 0 Å². The molecular weight excluding hydrogens is 260 g/mol. The molecule has 5 nitrogen and oxygen atoms in total. The highest BCUT2D eigenvalue weighted by Crippen LogP contribution is 2.20. The zero-order valence-electron chi connectivity index (χ0n) is 11.9. The quantitative estimate of drug-likeness (QED) is 0.833. The highest BCUT2D eigenvalue weighted by Gasteiger charge is 2.21. The van der Waals surface area contributed by atoms with Gasteiger partial charge in [0.1, 0.15) is 5.01 Å². The second-order valence-electron chi connectivity index (χ2n) is 4.90. The van der Waals surface area contributed by atoms with Crippen LogP contribution in [0.15, 0.2) is 0 Å². The molecule has 1 unspecified atom stereocenters. The normalized spacial score (nSPS) is 20.6. The minimum atomic E-state index is 0.398. The van der Waals surface area contributed by atoms with Gasteiger partial charge in [0.05, 0.1) is 12.6 Å². The molecule has 1 aromatic rings. The summed E-state index contributed by atoms with van der Waals surface area (Å²) in [4.78, 5) is 2.43. The number of piperidine rings is 1. The lowest BCUT2D eigenvalue weighted by Crippen LogP contribution is -2.39.